The fourth-order valence-corrected chi connectivity index (χ4v) is 3.27. The van der Waals surface area contributed by atoms with E-state index >= 15 is 0 Å². The van der Waals surface area contributed by atoms with E-state index in [-0.39, 0.29) is 5.91 Å². The molecule has 0 unspecified atom stereocenters. The minimum atomic E-state index is -0.0377. The van der Waals surface area contributed by atoms with Crippen LogP contribution in [-0.4, -0.2) is 39.3 Å². The first-order chi connectivity index (χ1) is 9.75. The average Bonchev–Trinajstić information content (AvgIpc) is 3.01. The van der Waals surface area contributed by atoms with Crippen molar-refractivity contribution >= 4 is 21.8 Å². The summed E-state index contributed by atoms with van der Waals surface area (Å²) in [6.45, 7) is 1.52. The molecular weight excluding hydrogens is 320 g/mol. The normalized spacial score (nSPS) is 16.4. The Morgan fingerprint density at radius 2 is 2.05 bits per heavy atom. The summed E-state index contributed by atoms with van der Waals surface area (Å²) < 4.78 is 1.15. The third kappa shape index (κ3) is 2.60. The smallest absolute Gasteiger partial charge is 0.276 e. The lowest BCUT2D eigenvalue weighted by Crippen LogP contribution is -2.38. The number of amides is 1. The molecule has 1 amide bonds. The number of rotatable bonds is 2. The number of H-pyrrole nitrogens is 1. The highest BCUT2D eigenvalue weighted by molar-refractivity contribution is 9.10. The maximum absolute atomic E-state index is 12.2. The highest BCUT2D eigenvalue weighted by Crippen LogP contribution is 2.32. The van der Waals surface area contributed by atoms with Crippen LogP contribution in [0.2, 0.25) is 0 Å². The molecule has 20 heavy (non-hydrogen) atoms. The van der Waals surface area contributed by atoms with Crippen molar-refractivity contribution in [1.29, 1.82) is 0 Å². The molecule has 1 aromatic heterocycles. The Morgan fingerprint density at radius 3 is 2.70 bits per heavy atom. The Morgan fingerprint density at radius 1 is 1.30 bits per heavy atom. The number of nitrogens with one attached hydrogen (secondary N) is 1. The molecule has 0 saturated carbocycles. The zero-order valence-corrected chi connectivity index (χ0v) is 12.5. The van der Waals surface area contributed by atoms with Gasteiger partial charge in [-0.3, -0.25) is 4.79 Å². The van der Waals surface area contributed by atoms with Gasteiger partial charge < -0.3 is 4.90 Å². The van der Waals surface area contributed by atoms with E-state index in [4.69, 9.17) is 0 Å². The number of likely N-dealkylation sites (tertiary alicyclic amines) is 1. The zero-order valence-electron chi connectivity index (χ0n) is 10.9. The van der Waals surface area contributed by atoms with Gasteiger partial charge in [0.1, 0.15) is 0 Å². The minimum absolute atomic E-state index is 0.0377. The molecule has 0 aliphatic carbocycles. The standard InChI is InChI=1S/C14H15BrN4O/c15-12-4-2-1-3-11(12)10-5-7-19(8-6-10)14(20)13-9-16-18-17-13/h1-4,9-10H,5-8H2,(H,16,17,18). The molecule has 1 saturated heterocycles. The van der Waals surface area contributed by atoms with Crippen molar-refractivity contribution in [2.24, 2.45) is 0 Å². The topological polar surface area (TPSA) is 61.9 Å². The second-order valence-corrected chi connectivity index (χ2v) is 5.80. The summed E-state index contributed by atoms with van der Waals surface area (Å²) >= 11 is 3.60. The molecule has 1 fully saturated rings. The maximum atomic E-state index is 12.2. The zero-order chi connectivity index (χ0) is 13.9. The molecular formula is C14H15BrN4O. The van der Waals surface area contributed by atoms with E-state index in [9.17, 15) is 4.79 Å². The molecule has 2 aromatic rings. The summed E-state index contributed by atoms with van der Waals surface area (Å²) in [6, 6.07) is 8.32. The third-order valence-corrected chi connectivity index (χ3v) is 4.48. The Kier molecular flexibility index (Phi) is 3.82. The molecule has 0 radical (unpaired) electrons. The van der Waals surface area contributed by atoms with Crippen LogP contribution in [0.4, 0.5) is 0 Å². The minimum Gasteiger partial charge on any atom is -0.337 e. The Bertz CT molecular complexity index is 591. The summed E-state index contributed by atoms with van der Waals surface area (Å²) in [5, 5.41) is 10.0. The number of nitrogens with zero attached hydrogens (tertiary/aromatic N) is 3. The van der Waals surface area contributed by atoms with Gasteiger partial charge in [-0.25, -0.2) is 0 Å². The number of aromatic nitrogens is 3. The quantitative estimate of drug-likeness (QED) is 0.918. The molecule has 1 aliphatic heterocycles. The highest BCUT2D eigenvalue weighted by Gasteiger charge is 2.26. The SMILES string of the molecule is O=C(c1cn[nH]n1)N1CCC(c2ccccc2Br)CC1. The second-order valence-electron chi connectivity index (χ2n) is 4.94. The monoisotopic (exact) mass is 334 g/mol. The molecule has 5 nitrogen and oxygen atoms in total. The lowest BCUT2D eigenvalue weighted by molar-refractivity contribution is 0.0707. The van der Waals surface area contributed by atoms with E-state index in [0.29, 0.717) is 11.6 Å². The predicted molar refractivity (Wildman–Crippen MR) is 78.4 cm³/mol. The maximum Gasteiger partial charge on any atom is 0.276 e. The van der Waals surface area contributed by atoms with Crippen LogP contribution in [0.5, 0.6) is 0 Å². The summed E-state index contributed by atoms with van der Waals surface area (Å²) in [7, 11) is 0. The summed E-state index contributed by atoms with van der Waals surface area (Å²) in [5.74, 6) is 0.469. The Hall–Kier alpha value is -1.69. The predicted octanol–water partition coefficient (Wildman–Crippen LogP) is 2.59. The van der Waals surface area contributed by atoms with Crippen LogP contribution in [0.25, 0.3) is 0 Å². The van der Waals surface area contributed by atoms with Crippen molar-refractivity contribution < 1.29 is 4.79 Å². The molecule has 0 bridgehead atoms. The molecule has 0 spiro atoms. The van der Waals surface area contributed by atoms with E-state index in [2.05, 4.69) is 49.5 Å². The van der Waals surface area contributed by atoms with Crippen LogP contribution >= 0.6 is 15.9 Å². The van der Waals surface area contributed by atoms with Crippen LogP contribution in [0, 0.1) is 0 Å². The number of halogens is 1. The van der Waals surface area contributed by atoms with E-state index < -0.39 is 0 Å². The fraction of sp³-hybridized carbons (Fsp3) is 0.357. The van der Waals surface area contributed by atoms with Gasteiger partial charge in [0, 0.05) is 17.6 Å². The molecule has 104 valence electrons. The molecule has 0 atom stereocenters. The molecule has 1 aliphatic rings. The van der Waals surface area contributed by atoms with Crippen molar-refractivity contribution in [3.05, 3.63) is 46.2 Å². The number of carbonyl (C=O) groups is 1. The number of aromatic amines is 1. The highest BCUT2D eigenvalue weighted by atomic mass is 79.9. The first kappa shape index (κ1) is 13.3. The Labute approximate surface area is 125 Å². The summed E-state index contributed by atoms with van der Waals surface area (Å²) in [6.07, 6.45) is 3.43. The third-order valence-electron chi connectivity index (χ3n) is 3.76. The van der Waals surface area contributed by atoms with E-state index in [1.807, 2.05) is 11.0 Å². The van der Waals surface area contributed by atoms with Gasteiger partial charge >= 0.3 is 0 Å². The summed E-state index contributed by atoms with van der Waals surface area (Å²) in [4.78, 5) is 14.0. The summed E-state index contributed by atoms with van der Waals surface area (Å²) in [5.41, 5.74) is 1.73. The van der Waals surface area contributed by atoms with E-state index in [1.165, 1.54) is 11.8 Å². The van der Waals surface area contributed by atoms with Crippen LogP contribution in [0.1, 0.15) is 34.8 Å². The van der Waals surface area contributed by atoms with Crippen LogP contribution in [-0.2, 0) is 0 Å². The van der Waals surface area contributed by atoms with Crippen molar-refractivity contribution in [3.8, 4) is 0 Å². The van der Waals surface area contributed by atoms with E-state index in [0.717, 1.165) is 30.4 Å². The van der Waals surface area contributed by atoms with Gasteiger partial charge in [-0.05, 0) is 30.4 Å². The van der Waals surface area contributed by atoms with Crippen LogP contribution < -0.4 is 0 Å². The van der Waals surface area contributed by atoms with Gasteiger partial charge in [-0.15, -0.1) is 0 Å². The first-order valence-corrected chi connectivity index (χ1v) is 7.44. The van der Waals surface area contributed by atoms with Crippen molar-refractivity contribution in [3.63, 3.8) is 0 Å². The molecule has 1 N–H and O–H groups in total. The number of carbonyl (C=O) groups excluding carboxylic acids is 1. The van der Waals surface area contributed by atoms with Gasteiger partial charge in [-0.1, -0.05) is 34.1 Å². The number of hydrogen-bond acceptors (Lipinski definition) is 3. The van der Waals surface area contributed by atoms with Gasteiger partial charge in [0.05, 0.1) is 6.20 Å². The van der Waals surface area contributed by atoms with E-state index in [1.54, 1.807) is 0 Å². The Balaban J connectivity index is 1.65. The lowest BCUT2D eigenvalue weighted by atomic mass is 9.89. The van der Waals surface area contributed by atoms with Crippen molar-refractivity contribution in [2.45, 2.75) is 18.8 Å². The van der Waals surface area contributed by atoms with Crippen molar-refractivity contribution in [1.82, 2.24) is 20.3 Å². The average molecular weight is 335 g/mol. The number of benzene rings is 1. The van der Waals surface area contributed by atoms with Crippen LogP contribution in [0.3, 0.4) is 0 Å². The van der Waals surface area contributed by atoms with Gasteiger partial charge in [0.2, 0.25) is 0 Å². The molecule has 1 aromatic carbocycles. The molecule has 2 heterocycles. The van der Waals surface area contributed by atoms with Gasteiger partial charge in [0.15, 0.2) is 5.69 Å². The number of piperidine rings is 1. The van der Waals surface area contributed by atoms with Crippen LogP contribution in [0.15, 0.2) is 34.9 Å². The first-order valence-electron chi connectivity index (χ1n) is 6.65. The molecule has 6 heteroatoms. The van der Waals surface area contributed by atoms with Crippen molar-refractivity contribution in [2.75, 3.05) is 13.1 Å². The fourth-order valence-electron chi connectivity index (χ4n) is 2.67. The van der Waals surface area contributed by atoms with Gasteiger partial charge in [-0.2, -0.15) is 15.4 Å². The lowest BCUT2D eigenvalue weighted by Gasteiger charge is -2.32. The largest absolute Gasteiger partial charge is 0.337 e. The second kappa shape index (κ2) is 5.75. The molecule has 3 rings (SSSR count). The van der Waals surface area contributed by atoms with Gasteiger partial charge in [0.25, 0.3) is 5.91 Å². The number of hydrogen-bond donors (Lipinski definition) is 1.